The lowest BCUT2D eigenvalue weighted by Gasteiger charge is -2.09. The summed E-state index contributed by atoms with van der Waals surface area (Å²) in [5, 5.41) is 10.0. The summed E-state index contributed by atoms with van der Waals surface area (Å²) in [5.41, 5.74) is 2.21. The number of rotatable bonds is 6. The van der Waals surface area contributed by atoms with E-state index < -0.39 is 0 Å². The Bertz CT molecular complexity index is 596. The third-order valence-corrected chi connectivity index (χ3v) is 2.97. The fourth-order valence-corrected chi connectivity index (χ4v) is 2.06. The molecule has 6 heteroatoms. The van der Waals surface area contributed by atoms with Crippen LogP contribution < -0.4 is 10.6 Å². The van der Waals surface area contributed by atoms with E-state index >= 15 is 0 Å². The Morgan fingerprint density at radius 2 is 2.14 bits per heavy atom. The molecule has 0 atom stereocenters. The first-order valence-corrected chi connectivity index (χ1v) is 7.17. The first-order valence-electron chi connectivity index (χ1n) is 7.17. The van der Waals surface area contributed by atoms with Crippen LogP contribution in [0.4, 0.5) is 11.5 Å². The van der Waals surface area contributed by atoms with Crippen LogP contribution in [0, 0.1) is 0 Å². The third kappa shape index (κ3) is 4.05. The Hall–Kier alpha value is -2.37. The summed E-state index contributed by atoms with van der Waals surface area (Å²) in [6.07, 6.45) is 5.23. The number of hydrogen-bond acceptors (Lipinski definition) is 4. The van der Waals surface area contributed by atoms with Gasteiger partial charge in [0.05, 0.1) is 11.9 Å². The maximum atomic E-state index is 12.3. The van der Waals surface area contributed by atoms with Crippen LogP contribution in [-0.4, -0.2) is 27.2 Å². The van der Waals surface area contributed by atoms with Gasteiger partial charge in [-0.25, -0.2) is 4.98 Å². The third-order valence-electron chi connectivity index (χ3n) is 2.97. The maximum Gasteiger partial charge on any atom is 0.255 e. The lowest BCUT2D eigenvalue weighted by molar-refractivity contribution is 0.102. The molecule has 0 unspecified atom stereocenters. The van der Waals surface area contributed by atoms with Crippen molar-refractivity contribution in [3.8, 4) is 0 Å². The van der Waals surface area contributed by atoms with E-state index in [0.717, 1.165) is 30.9 Å². The fraction of sp³-hybridized carbons (Fsp3) is 0.400. The summed E-state index contributed by atoms with van der Waals surface area (Å²) >= 11 is 0. The van der Waals surface area contributed by atoms with Gasteiger partial charge >= 0.3 is 0 Å². The second-order valence-electron chi connectivity index (χ2n) is 4.87. The van der Waals surface area contributed by atoms with Crippen LogP contribution in [0.1, 0.15) is 36.3 Å². The van der Waals surface area contributed by atoms with Crippen LogP contribution in [0.25, 0.3) is 0 Å². The van der Waals surface area contributed by atoms with Crippen molar-refractivity contribution in [1.29, 1.82) is 0 Å². The van der Waals surface area contributed by atoms with Crippen LogP contribution in [0.2, 0.25) is 0 Å². The summed E-state index contributed by atoms with van der Waals surface area (Å²) in [6, 6.07) is 3.62. The number of carbonyl (C=O) groups is 1. The average Bonchev–Trinajstić information content (AvgIpc) is 2.84. The lowest BCUT2D eigenvalue weighted by atomic mass is 10.1. The van der Waals surface area contributed by atoms with Gasteiger partial charge in [0.2, 0.25) is 0 Å². The molecule has 0 aliphatic rings. The van der Waals surface area contributed by atoms with E-state index in [1.54, 1.807) is 23.1 Å². The van der Waals surface area contributed by atoms with Crippen molar-refractivity contribution < 1.29 is 4.79 Å². The molecule has 0 bridgehead atoms. The minimum Gasteiger partial charge on any atom is -0.370 e. The van der Waals surface area contributed by atoms with E-state index in [1.165, 1.54) is 0 Å². The number of amides is 1. The van der Waals surface area contributed by atoms with Crippen LogP contribution in [0.5, 0.6) is 0 Å². The molecule has 21 heavy (non-hydrogen) atoms. The van der Waals surface area contributed by atoms with Gasteiger partial charge in [-0.05, 0) is 25.5 Å². The summed E-state index contributed by atoms with van der Waals surface area (Å²) < 4.78 is 1.65. The smallest absolute Gasteiger partial charge is 0.255 e. The summed E-state index contributed by atoms with van der Waals surface area (Å²) in [4.78, 5) is 16.8. The van der Waals surface area contributed by atoms with Gasteiger partial charge in [0, 0.05) is 31.0 Å². The van der Waals surface area contributed by atoms with Crippen molar-refractivity contribution in [1.82, 2.24) is 14.8 Å². The quantitative estimate of drug-likeness (QED) is 0.856. The predicted octanol–water partition coefficient (Wildman–Crippen LogP) is 2.45. The molecule has 6 nitrogen and oxygen atoms in total. The molecular weight excluding hydrogens is 266 g/mol. The highest BCUT2D eigenvalue weighted by Crippen LogP contribution is 2.14. The minimum absolute atomic E-state index is 0.151. The van der Waals surface area contributed by atoms with E-state index in [0.29, 0.717) is 11.3 Å². The van der Waals surface area contributed by atoms with E-state index in [9.17, 15) is 4.79 Å². The van der Waals surface area contributed by atoms with Crippen LogP contribution in [-0.2, 0) is 13.5 Å². The molecule has 0 aliphatic heterocycles. The van der Waals surface area contributed by atoms with Crippen LogP contribution in [0.3, 0.4) is 0 Å². The van der Waals surface area contributed by atoms with Crippen molar-refractivity contribution in [3.63, 3.8) is 0 Å². The molecule has 0 aromatic carbocycles. The molecule has 112 valence electrons. The maximum absolute atomic E-state index is 12.3. The zero-order valence-corrected chi connectivity index (χ0v) is 12.7. The van der Waals surface area contributed by atoms with Gasteiger partial charge in [0.1, 0.15) is 5.82 Å². The monoisotopic (exact) mass is 287 g/mol. The van der Waals surface area contributed by atoms with E-state index in [2.05, 4.69) is 27.6 Å². The molecule has 2 heterocycles. The Balaban J connectivity index is 2.21. The van der Waals surface area contributed by atoms with Crippen LogP contribution >= 0.6 is 0 Å². The summed E-state index contributed by atoms with van der Waals surface area (Å²) in [5.74, 6) is 0.585. The van der Waals surface area contributed by atoms with Crippen molar-refractivity contribution in [2.45, 2.75) is 26.7 Å². The molecule has 0 saturated heterocycles. The van der Waals surface area contributed by atoms with Gasteiger partial charge in [0.15, 0.2) is 0 Å². The van der Waals surface area contributed by atoms with E-state index in [1.807, 2.05) is 20.0 Å². The number of pyridine rings is 1. The molecule has 0 radical (unpaired) electrons. The van der Waals surface area contributed by atoms with Gasteiger partial charge in [0.25, 0.3) is 5.91 Å². The predicted molar refractivity (Wildman–Crippen MR) is 83.6 cm³/mol. The Kier molecular flexibility index (Phi) is 4.92. The first-order chi connectivity index (χ1) is 10.1. The average molecular weight is 287 g/mol. The fourth-order valence-electron chi connectivity index (χ4n) is 2.06. The number of aryl methyl sites for hydroxylation is 2. The number of nitrogens with zero attached hydrogens (tertiary/aromatic N) is 3. The molecule has 0 fully saturated rings. The Morgan fingerprint density at radius 3 is 2.76 bits per heavy atom. The van der Waals surface area contributed by atoms with Gasteiger partial charge in [-0.2, -0.15) is 5.10 Å². The van der Waals surface area contributed by atoms with E-state index in [-0.39, 0.29) is 5.91 Å². The molecule has 0 spiro atoms. The number of nitrogens with one attached hydrogen (secondary N) is 2. The van der Waals surface area contributed by atoms with Crippen molar-refractivity contribution >= 4 is 17.4 Å². The standard InChI is InChI=1S/C15H21N5O/c1-4-6-12-7-11(8-14(18-12)16-5-2)15(21)19-13-9-17-20(3)10-13/h7-10H,4-6H2,1-3H3,(H,16,18)(H,19,21). The Labute approximate surface area is 124 Å². The zero-order chi connectivity index (χ0) is 15.2. The SMILES string of the molecule is CCCc1cc(C(=O)Nc2cnn(C)c2)cc(NCC)n1. The van der Waals surface area contributed by atoms with Crippen LogP contribution in [0.15, 0.2) is 24.5 Å². The highest BCUT2D eigenvalue weighted by Gasteiger charge is 2.11. The molecule has 2 N–H and O–H groups in total. The highest BCUT2D eigenvalue weighted by atomic mass is 16.1. The van der Waals surface area contributed by atoms with Gasteiger partial charge in [-0.3, -0.25) is 9.48 Å². The molecule has 2 rings (SSSR count). The number of aromatic nitrogens is 3. The first kappa shape index (κ1) is 15.0. The highest BCUT2D eigenvalue weighted by molar-refractivity contribution is 6.04. The second kappa shape index (κ2) is 6.88. The number of anilines is 2. The number of hydrogen-bond donors (Lipinski definition) is 2. The minimum atomic E-state index is -0.151. The topological polar surface area (TPSA) is 71.8 Å². The summed E-state index contributed by atoms with van der Waals surface area (Å²) in [6.45, 7) is 4.87. The Morgan fingerprint density at radius 1 is 1.33 bits per heavy atom. The molecule has 0 aliphatic carbocycles. The van der Waals surface area contributed by atoms with Gasteiger partial charge in [-0.15, -0.1) is 0 Å². The van der Waals surface area contributed by atoms with Crippen molar-refractivity contribution in [2.75, 3.05) is 17.2 Å². The van der Waals surface area contributed by atoms with Crippen molar-refractivity contribution in [3.05, 3.63) is 35.8 Å². The normalized spacial score (nSPS) is 10.4. The molecule has 2 aromatic rings. The zero-order valence-electron chi connectivity index (χ0n) is 12.7. The molecule has 2 aromatic heterocycles. The summed E-state index contributed by atoms with van der Waals surface area (Å²) in [7, 11) is 1.81. The number of carbonyl (C=O) groups excluding carboxylic acids is 1. The molecule has 0 saturated carbocycles. The molecular formula is C15H21N5O. The second-order valence-corrected chi connectivity index (χ2v) is 4.87. The molecule has 1 amide bonds. The van der Waals surface area contributed by atoms with Crippen molar-refractivity contribution in [2.24, 2.45) is 7.05 Å². The van der Waals surface area contributed by atoms with Gasteiger partial charge < -0.3 is 10.6 Å². The van der Waals surface area contributed by atoms with Gasteiger partial charge in [-0.1, -0.05) is 13.3 Å². The largest absolute Gasteiger partial charge is 0.370 e. The lowest BCUT2D eigenvalue weighted by Crippen LogP contribution is -2.13. The van der Waals surface area contributed by atoms with E-state index in [4.69, 9.17) is 0 Å².